The van der Waals surface area contributed by atoms with Crippen LogP contribution in [-0.4, -0.2) is 21.9 Å². The summed E-state index contributed by atoms with van der Waals surface area (Å²) < 4.78 is 0. The van der Waals surface area contributed by atoms with Gasteiger partial charge < -0.3 is 19.8 Å². The fraction of sp³-hybridized carbons (Fsp3) is 0. The van der Waals surface area contributed by atoms with Crippen LogP contribution in [0.4, 0.5) is 0 Å². The summed E-state index contributed by atoms with van der Waals surface area (Å²) in [4.78, 5) is 26.2. The minimum atomic E-state index is -2.19. The molecule has 0 atom stereocenters. The Bertz CT molecular complexity index is 470. The minimum absolute atomic E-state index is 0. The molecule has 0 radical (unpaired) electrons. The first-order chi connectivity index (χ1) is 8.61. The molecule has 0 spiro atoms. The molecular weight excluding hydrogens is 302 g/mol. The van der Waals surface area contributed by atoms with Crippen LogP contribution in [0, 0.1) is 0 Å². The zero-order valence-corrected chi connectivity index (χ0v) is 12.8. The number of pyridine rings is 2. The Hall–Kier alpha value is -2.14. The topological polar surface area (TPSA) is 106 Å². The van der Waals surface area contributed by atoms with Gasteiger partial charge in [-0.05, 0) is 24.3 Å². The van der Waals surface area contributed by atoms with Crippen molar-refractivity contribution in [1.29, 1.82) is 0 Å². The Balaban J connectivity index is 0.000000404. The van der Waals surface area contributed by atoms with Crippen LogP contribution in [0.15, 0.2) is 48.8 Å². The Morgan fingerprint density at radius 3 is 1.37 bits per heavy atom. The summed E-state index contributed by atoms with van der Waals surface area (Å²) in [5.74, 6) is -4.37. The number of rotatable bonds is 1. The van der Waals surface area contributed by atoms with Crippen LogP contribution in [0.2, 0.25) is 0 Å². The molecule has 2 aromatic rings. The third-order valence-electron chi connectivity index (χ3n) is 1.76. The Kier molecular flexibility index (Phi) is 7.88. The van der Waals surface area contributed by atoms with Gasteiger partial charge in [0.15, 0.2) is 0 Å². The molecule has 92 valence electrons. The number of carboxylic acids is 2. The SMILES string of the molecule is O=C([O-])C(=O)[O-].[Zn+2].c1ccc(-c2ccccn2)nc1. The smallest absolute Gasteiger partial charge is 0.543 e. The van der Waals surface area contributed by atoms with E-state index in [2.05, 4.69) is 9.97 Å². The van der Waals surface area contributed by atoms with Gasteiger partial charge in [-0.25, -0.2) is 0 Å². The monoisotopic (exact) mass is 308 g/mol. The zero-order valence-electron chi connectivity index (χ0n) is 9.85. The maximum absolute atomic E-state index is 8.93. The van der Waals surface area contributed by atoms with Crippen molar-refractivity contribution in [2.45, 2.75) is 0 Å². The second-order valence-electron chi connectivity index (χ2n) is 3.00. The molecule has 0 saturated carbocycles. The Labute approximate surface area is 121 Å². The van der Waals surface area contributed by atoms with Gasteiger partial charge in [0.2, 0.25) is 0 Å². The normalized spacial score (nSPS) is 8.42. The van der Waals surface area contributed by atoms with Gasteiger partial charge in [0.1, 0.15) is 0 Å². The van der Waals surface area contributed by atoms with Crippen molar-refractivity contribution in [1.82, 2.24) is 9.97 Å². The minimum Gasteiger partial charge on any atom is -0.543 e. The molecule has 19 heavy (non-hydrogen) atoms. The molecule has 0 bridgehead atoms. The average molecular weight is 310 g/mol. The van der Waals surface area contributed by atoms with Crippen LogP contribution < -0.4 is 10.2 Å². The first kappa shape index (κ1) is 16.9. The largest absolute Gasteiger partial charge is 2.00 e. The summed E-state index contributed by atoms with van der Waals surface area (Å²) in [5.41, 5.74) is 1.83. The average Bonchev–Trinajstić information content (AvgIpc) is 2.41. The number of hydrogen-bond acceptors (Lipinski definition) is 6. The van der Waals surface area contributed by atoms with Gasteiger partial charge in [-0.1, -0.05) is 12.1 Å². The predicted molar refractivity (Wildman–Crippen MR) is 57.5 cm³/mol. The van der Waals surface area contributed by atoms with Gasteiger partial charge in [-0.3, -0.25) is 9.97 Å². The summed E-state index contributed by atoms with van der Waals surface area (Å²) in [6.45, 7) is 0. The van der Waals surface area contributed by atoms with Crippen molar-refractivity contribution in [3.05, 3.63) is 48.8 Å². The fourth-order valence-electron chi connectivity index (χ4n) is 1.03. The van der Waals surface area contributed by atoms with Crippen LogP contribution in [0.25, 0.3) is 11.4 Å². The molecule has 0 amide bonds. The quantitative estimate of drug-likeness (QED) is 0.475. The summed E-state index contributed by atoms with van der Waals surface area (Å²) in [6, 6.07) is 11.6. The van der Waals surface area contributed by atoms with E-state index < -0.39 is 11.9 Å². The predicted octanol–water partition coefficient (Wildman–Crippen LogP) is -1.37. The summed E-state index contributed by atoms with van der Waals surface area (Å²) in [7, 11) is 0. The van der Waals surface area contributed by atoms with Crippen molar-refractivity contribution in [2.75, 3.05) is 0 Å². The number of carbonyl (C=O) groups excluding carboxylic acids is 2. The second kappa shape index (κ2) is 8.88. The first-order valence-electron chi connectivity index (χ1n) is 4.86. The van der Waals surface area contributed by atoms with Crippen LogP contribution in [-0.2, 0) is 29.1 Å². The Morgan fingerprint density at radius 2 is 1.16 bits per heavy atom. The number of carbonyl (C=O) groups is 2. The standard InChI is InChI=1S/C10H8N2.C2H2O4.Zn/c1-3-7-11-9(5-1)10-6-2-4-8-12-10;3-1(4)2(5)6;/h1-8H;(H,3,4)(H,5,6);/q;;+2/p-2. The number of carboxylic acid groups (broad SMARTS) is 2. The van der Waals surface area contributed by atoms with E-state index in [1.54, 1.807) is 12.4 Å². The van der Waals surface area contributed by atoms with Gasteiger partial charge in [0.05, 0.1) is 23.3 Å². The molecule has 2 heterocycles. The van der Waals surface area contributed by atoms with E-state index in [-0.39, 0.29) is 19.5 Å². The Morgan fingerprint density at radius 1 is 0.789 bits per heavy atom. The van der Waals surface area contributed by atoms with Gasteiger partial charge in [0.25, 0.3) is 0 Å². The van der Waals surface area contributed by atoms with Crippen LogP contribution in [0.1, 0.15) is 0 Å². The van der Waals surface area contributed by atoms with Crippen molar-refractivity contribution in [3.63, 3.8) is 0 Å². The van der Waals surface area contributed by atoms with Crippen molar-refractivity contribution in [3.8, 4) is 11.4 Å². The van der Waals surface area contributed by atoms with Crippen molar-refractivity contribution >= 4 is 11.9 Å². The van der Waals surface area contributed by atoms with E-state index in [9.17, 15) is 0 Å². The molecule has 7 heteroatoms. The van der Waals surface area contributed by atoms with Crippen LogP contribution in [0.5, 0.6) is 0 Å². The molecule has 0 saturated heterocycles. The molecule has 0 aliphatic carbocycles. The number of aromatic nitrogens is 2. The third kappa shape index (κ3) is 6.38. The number of aliphatic carboxylic acids is 2. The van der Waals surface area contributed by atoms with Crippen LogP contribution >= 0.6 is 0 Å². The zero-order chi connectivity index (χ0) is 13.4. The molecule has 2 aromatic heterocycles. The van der Waals surface area contributed by atoms with E-state index >= 15 is 0 Å². The van der Waals surface area contributed by atoms with E-state index in [4.69, 9.17) is 19.8 Å². The van der Waals surface area contributed by atoms with Gasteiger partial charge in [0, 0.05) is 12.4 Å². The molecular formula is C12H8N2O4Zn. The number of nitrogens with zero attached hydrogens (tertiary/aromatic N) is 2. The molecule has 0 N–H and O–H groups in total. The maximum atomic E-state index is 8.93. The van der Waals surface area contributed by atoms with Crippen molar-refractivity contribution < 1.29 is 39.3 Å². The van der Waals surface area contributed by atoms with E-state index in [0.29, 0.717) is 0 Å². The molecule has 0 aliphatic rings. The van der Waals surface area contributed by atoms with Gasteiger partial charge in [-0.2, -0.15) is 0 Å². The van der Waals surface area contributed by atoms with Crippen molar-refractivity contribution in [2.24, 2.45) is 0 Å². The maximum Gasteiger partial charge on any atom is 2.00 e. The molecule has 0 aliphatic heterocycles. The summed E-state index contributed by atoms with van der Waals surface area (Å²) in [6.07, 6.45) is 3.54. The molecule has 2 rings (SSSR count). The second-order valence-corrected chi connectivity index (χ2v) is 3.00. The van der Waals surface area contributed by atoms with Gasteiger partial charge >= 0.3 is 19.5 Å². The molecule has 6 nitrogen and oxygen atoms in total. The molecule has 0 fully saturated rings. The number of hydrogen-bond donors (Lipinski definition) is 0. The summed E-state index contributed by atoms with van der Waals surface area (Å²) in [5, 5.41) is 17.9. The van der Waals surface area contributed by atoms with Crippen LogP contribution in [0.3, 0.4) is 0 Å². The summed E-state index contributed by atoms with van der Waals surface area (Å²) >= 11 is 0. The fourth-order valence-corrected chi connectivity index (χ4v) is 1.03. The molecule has 0 aromatic carbocycles. The van der Waals surface area contributed by atoms with Gasteiger partial charge in [-0.15, -0.1) is 0 Å². The van der Waals surface area contributed by atoms with E-state index in [1.807, 2.05) is 36.4 Å². The van der Waals surface area contributed by atoms with E-state index in [1.165, 1.54) is 0 Å². The first-order valence-corrected chi connectivity index (χ1v) is 4.86. The third-order valence-corrected chi connectivity index (χ3v) is 1.76. The molecule has 0 unspecified atom stereocenters. The van der Waals surface area contributed by atoms with E-state index in [0.717, 1.165) is 11.4 Å².